The molecule has 0 unspecified atom stereocenters. The van der Waals surface area contributed by atoms with Crippen LogP contribution in [0.1, 0.15) is 6.42 Å². The second-order valence-electron chi connectivity index (χ2n) is 1.95. The van der Waals surface area contributed by atoms with E-state index in [1.54, 1.807) is 6.08 Å². The quantitative estimate of drug-likeness (QED) is 0.369. The molecule has 3 N–H and O–H groups in total. The van der Waals surface area contributed by atoms with Crippen LogP contribution in [0, 0.1) is 0 Å². The Kier molecular flexibility index (Phi) is 10.7. The van der Waals surface area contributed by atoms with E-state index >= 15 is 0 Å². The van der Waals surface area contributed by atoms with Gasteiger partial charge in [0.15, 0.2) is 0 Å². The highest BCUT2D eigenvalue weighted by atomic mass is 16.1. The number of primary amides is 1. The van der Waals surface area contributed by atoms with Crippen LogP contribution in [0.4, 0.5) is 0 Å². The topological polar surface area (TPSA) is 72.2 Å². The number of allylic oxidation sites excluding steroid dienone is 1. The summed E-state index contributed by atoms with van der Waals surface area (Å²) in [6, 6.07) is 0. The van der Waals surface area contributed by atoms with Crippen molar-refractivity contribution in [1.82, 2.24) is 5.32 Å². The average molecular weight is 182 g/mol. The third-order valence-corrected chi connectivity index (χ3v) is 0.925. The van der Waals surface area contributed by atoms with Gasteiger partial charge in [-0.25, -0.2) is 0 Å². The summed E-state index contributed by atoms with van der Waals surface area (Å²) in [5, 5.41) is 2.19. The van der Waals surface area contributed by atoms with Crippen molar-refractivity contribution in [3.8, 4) is 0 Å². The molecule has 0 bridgehead atoms. The molecule has 0 aromatic heterocycles. The lowest BCUT2D eigenvalue weighted by Crippen LogP contribution is -2.12. The SMILES string of the molecule is C=CCC(=C)C(N)=O.C=CNC=O. The van der Waals surface area contributed by atoms with Crippen LogP contribution in [0.5, 0.6) is 0 Å². The van der Waals surface area contributed by atoms with Crippen molar-refractivity contribution in [3.63, 3.8) is 0 Å². The van der Waals surface area contributed by atoms with Crippen molar-refractivity contribution in [1.29, 1.82) is 0 Å². The van der Waals surface area contributed by atoms with Crippen molar-refractivity contribution < 1.29 is 9.59 Å². The Labute approximate surface area is 77.8 Å². The second-order valence-corrected chi connectivity index (χ2v) is 1.95. The lowest BCUT2D eigenvalue weighted by molar-refractivity contribution is -0.114. The van der Waals surface area contributed by atoms with E-state index in [1.165, 1.54) is 6.20 Å². The van der Waals surface area contributed by atoms with Gasteiger partial charge in [-0.05, 0) is 12.6 Å². The van der Waals surface area contributed by atoms with Crippen molar-refractivity contribution >= 4 is 12.3 Å². The van der Waals surface area contributed by atoms with Gasteiger partial charge in [-0.1, -0.05) is 19.2 Å². The van der Waals surface area contributed by atoms with Crippen LogP contribution in [0.15, 0.2) is 37.6 Å². The Morgan fingerprint density at radius 2 is 2.00 bits per heavy atom. The normalized spacial score (nSPS) is 7.08. The van der Waals surface area contributed by atoms with Gasteiger partial charge in [0.2, 0.25) is 12.3 Å². The van der Waals surface area contributed by atoms with Crippen molar-refractivity contribution in [2.75, 3.05) is 0 Å². The number of hydrogen-bond donors (Lipinski definition) is 2. The molecule has 0 aromatic rings. The highest BCUT2D eigenvalue weighted by molar-refractivity contribution is 5.91. The van der Waals surface area contributed by atoms with Crippen molar-refractivity contribution in [3.05, 3.63) is 37.6 Å². The van der Waals surface area contributed by atoms with E-state index in [2.05, 4.69) is 25.1 Å². The molecule has 13 heavy (non-hydrogen) atoms. The first-order valence-corrected chi connectivity index (χ1v) is 3.49. The molecule has 0 aromatic carbocycles. The summed E-state index contributed by atoms with van der Waals surface area (Å²) in [6.07, 6.45) is 3.95. The number of carbonyl (C=O) groups is 2. The zero-order valence-electron chi connectivity index (χ0n) is 7.45. The monoisotopic (exact) mass is 182 g/mol. The minimum absolute atomic E-state index is 0.403. The molecule has 0 saturated carbocycles. The predicted molar refractivity (Wildman–Crippen MR) is 52.5 cm³/mol. The van der Waals surface area contributed by atoms with Gasteiger partial charge < -0.3 is 11.1 Å². The highest BCUT2D eigenvalue weighted by Crippen LogP contribution is 1.94. The first-order valence-electron chi connectivity index (χ1n) is 3.49. The number of nitrogens with two attached hydrogens (primary N) is 1. The Morgan fingerprint density at radius 1 is 1.46 bits per heavy atom. The summed E-state index contributed by atoms with van der Waals surface area (Å²) in [5.74, 6) is -0.454. The molecule has 2 amide bonds. The van der Waals surface area contributed by atoms with Gasteiger partial charge >= 0.3 is 0 Å². The summed E-state index contributed by atoms with van der Waals surface area (Å²) in [6.45, 7) is 10.0. The Hall–Kier alpha value is -1.84. The molecular formula is C9H14N2O2. The third-order valence-electron chi connectivity index (χ3n) is 0.925. The maximum Gasteiger partial charge on any atom is 0.244 e. The molecule has 0 spiro atoms. The Bertz CT molecular complexity index is 204. The van der Waals surface area contributed by atoms with E-state index in [1.807, 2.05) is 0 Å². The van der Waals surface area contributed by atoms with Gasteiger partial charge in [-0.2, -0.15) is 0 Å². The van der Waals surface area contributed by atoms with Gasteiger partial charge in [0.1, 0.15) is 0 Å². The van der Waals surface area contributed by atoms with Gasteiger partial charge in [-0.15, -0.1) is 6.58 Å². The molecule has 4 nitrogen and oxygen atoms in total. The lowest BCUT2D eigenvalue weighted by Gasteiger charge is -1.90. The smallest absolute Gasteiger partial charge is 0.244 e. The number of rotatable bonds is 5. The zero-order valence-corrected chi connectivity index (χ0v) is 7.45. The van der Waals surface area contributed by atoms with E-state index in [0.717, 1.165) is 0 Å². The van der Waals surface area contributed by atoms with Gasteiger partial charge in [0.25, 0.3) is 0 Å². The van der Waals surface area contributed by atoms with E-state index in [0.29, 0.717) is 18.4 Å². The second kappa shape index (κ2) is 10.2. The molecule has 0 rings (SSSR count). The van der Waals surface area contributed by atoms with Gasteiger partial charge in [0, 0.05) is 5.57 Å². The standard InChI is InChI=1S/C6H9NO.C3H5NO/c1-3-4-5(2)6(7)8;1-2-4-3-5/h3H,1-2,4H2,(H2,7,8);2-3H,1H2,(H,4,5). The number of carbonyl (C=O) groups excluding carboxylic acids is 2. The number of hydrogen-bond acceptors (Lipinski definition) is 2. The van der Waals surface area contributed by atoms with Crippen LogP contribution in [-0.2, 0) is 9.59 Å². The molecule has 0 heterocycles. The van der Waals surface area contributed by atoms with E-state index in [9.17, 15) is 9.59 Å². The maximum atomic E-state index is 10.2. The first kappa shape index (κ1) is 13.7. The fraction of sp³-hybridized carbons (Fsp3) is 0.111. The lowest BCUT2D eigenvalue weighted by atomic mass is 10.2. The zero-order chi connectivity index (χ0) is 10.7. The summed E-state index contributed by atoms with van der Waals surface area (Å²) in [7, 11) is 0. The van der Waals surface area contributed by atoms with Crippen molar-refractivity contribution in [2.45, 2.75) is 6.42 Å². The van der Waals surface area contributed by atoms with Crippen LogP contribution in [0.2, 0.25) is 0 Å². The molecule has 0 aliphatic rings. The minimum Gasteiger partial charge on any atom is -0.366 e. The van der Waals surface area contributed by atoms with Gasteiger partial charge in [-0.3, -0.25) is 9.59 Å². The average Bonchev–Trinajstić information content (AvgIpc) is 2.07. The molecule has 4 heteroatoms. The predicted octanol–water partition coefficient (Wildman–Crippen LogP) is 0.480. The highest BCUT2D eigenvalue weighted by Gasteiger charge is 1.95. The Balaban J connectivity index is 0. The maximum absolute atomic E-state index is 10.2. The molecule has 0 radical (unpaired) electrons. The van der Waals surface area contributed by atoms with E-state index in [-0.39, 0.29) is 0 Å². The number of amides is 2. The van der Waals surface area contributed by atoms with Crippen LogP contribution >= 0.6 is 0 Å². The van der Waals surface area contributed by atoms with Crippen LogP contribution in [0.25, 0.3) is 0 Å². The van der Waals surface area contributed by atoms with Crippen LogP contribution in [-0.4, -0.2) is 12.3 Å². The fourth-order valence-electron chi connectivity index (χ4n) is 0.323. The molecule has 0 aliphatic carbocycles. The van der Waals surface area contributed by atoms with Gasteiger partial charge in [0.05, 0.1) is 0 Å². The fourth-order valence-corrected chi connectivity index (χ4v) is 0.323. The van der Waals surface area contributed by atoms with E-state index < -0.39 is 5.91 Å². The summed E-state index contributed by atoms with van der Waals surface area (Å²) >= 11 is 0. The summed E-state index contributed by atoms with van der Waals surface area (Å²) < 4.78 is 0. The molecule has 0 atom stereocenters. The Morgan fingerprint density at radius 3 is 2.08 bits per heavy atom. The largest absolute Gasteiger partial charge is 0.366 e. The molecule has 0 aliphatic heterocycles. The molecule has 0 saturated heterocycles. The molecule has 0 fully saturated rings. The third kappa shape index (κ3) is 13.2. The van der Waals surface area contributed by atoms with Crippen LogP contribution in [0.3, 0.4) is 0 Å². The van der Waals surface area contributed by atoms with E-state index in [4.69, 9.17) is 5.73 Å². The number of nitrogens with one attached hydrogen (secondary N) is 1. The van der Waals surface area contributed by atoms with Crippen molar-refractivity contribution in [2.24, 2.45) is 5.73 Å². The minimum atomic E-state index is -0.454. The molecular weight excluding hydrogens is 168 g/mol. The first-order chi connectivity index (χ1) is 6.09. The van der Waals surface area contributed by atoms with Crippen LogP contribution < -0.4 is 11.1 Å². The summed E-state index contributed by atoms with van der Waals surface area (Å²) in [4.78, 5) is 19.4. The summed E-state index contributed by atoms with van der Waals surface area (Å²) in [5.41, 5.74) is 5.24. The molecule has 72 valence electrons.